The molecule has 1 aromatic heterocycles. The summed E-state index contributed by atoms with van der Waals surface area (Å²) in [5.74, 6) is -1.58. The Morgan fingerprint density at radius 1 is 1.07 bits per heavy atom. The fraction of sp³-hybridized carbons (Fsp3) is 0.258. The van der Waals surface area contributed by atoms with Crippen molar-refractivity contribution < 1.29 is 18.4 Å². The molecule has 1 aliphatic rings. The molecule has 1 aliphatic heterocycles. The monoisotopic (exact) mass is 560 g/mol. The average Bonchev–Trinajstić information content (AvgIpc) is 3.27. The van der Waals surface area contributed by atoms with E-state index in [1.165, 1.54) is 28.8 Å². The number of thioether (sulfide) groups is 1. The number of nitrogens with zero attached hydrogens (tertiary/aromatic N) is 3. The lowest BCUT2D eigenvalue weighted by Crippen LogP contribution is -2.42. The maximum absolute atomic E-state index is 15.3. The van der Waals surface area contributed by atoms with Gasteiger partial charge in [0.05, 0.1) is 22.4 Å². The van der Waals surface area contributed by atoms with Crippen LogP contribution in [-0.2, 0) is 9.59 Å². The van der Waals surface area contributed by atoms with Crippen LogP contribution in [0.15, 0.2) is 66.7 Å². The van der Waals surface area contributed by atoms with E-state index in [0.717, 1.165) is 34.9 Å². The topological polar surface area (TPSA) is 67.2 Å². The third-order valence-corrected chi connectivity index (χ3v) is 8.30. The number of amides is 2. The maximum Gasteiger partial charge on any atom is 0.240 e. The summed E-state index contributed by atoms with van der Waals surface area (Å²) in [5.41, 5.74) is 4.91. The van der Waals surface area contributed by atoms with E-state index in [1.54, 1.807) is 4.68 Å². The number of benzene rings is 3. The van der Waals surface area contributed by atoms with Crippen LogP contribution < -0.4 is 10.2 Å². The lowest BCUT2D eigenvalue weighted by atomic mass is 9.99. The largest absolute Gasteiger partial charge is 0.355 e. The first kappa shape index (κ1) is 27.6. The number of hydrogen-bond donors (Lipinski definition) is 1. The van der Waals surface area contributed by atoms with Gasteiger partial charge in [-0.05, 0) is 43.5 Å². The summed E-state index contributed by atoms with van der Waals surface area (Å²) in [6.07, 6.45) is 0.755. The number of rotatable bonds is 7. The molecule has 0 saturated carbocycles. The van der Waals surface area contributed by atoms with E-state index in [9.17, 15) is 14.0 Å². The summed E-state index contributed by atoms with van der Waals surface area (Å²) in [6.45, 7) is 6.19. The molecular weight excluding hydrogens is 530 g/mol. The van der Waals surface area contributed by atoms with Crippen LogP contribution in [0, 0.1) is 25.5 Å². The molecule has 2 heterocycles. The SMILES string of the molecule is CCCNC(=O)CN1C(=O)CSC(c2ccc(F)cc2F)c2c(-c3ccccc3)nn(-c3cccc(C)c3C)c21. The number of hydrogen-bond acceptors (Lipinski definition) is 4. The summed E-state index contributed by atoms with van der Waals surface area (Å²) in [4.78, 5) is 28.2. The predicted molar refractivity (Wildman–Crippen MR) is 155 cm³/mol. The van der Waals surface area contributed by atoms with Crippen molar-refractivity contribution in [3.63, 3.8) is 0 Å². The van der Waals surface area contributed by atoms with Crippen LogP contribution >= 0.6 is 11.8 Å². The molecule has 0 aliphatic carbocycles. The van der Waals surface area contributed by atoms with Crippen LogP contribution in [0.4, 0.5) is 14.6 Å². The summed E-state index contributed by atoms with van der Waals surface area (Å²) >= 11 is 1.24. The highest BCUT2D eigenvalue weighted by Crippen LogP contribution is 2.49. The first-order chi connectivity index (χ1) is 19.3. The molecule has 9 heteroatoms. The number of aromatic nitrogens is 2. The molecule has 1 atom stereocenters. The number of carbonyl (C=O) groups is 2. The Hall–Kier alpha value is -3.98. The number of nitrogens with one attached hydrogen (secondary N) is 1. The molecule has 0 radical (unpaired) electrons. The third kappa shape index (κ3) is 5.25. The van der Waals surface area contributed by atoms with Gasteiger partial charge in [0.15, 0.2) is 0 Å². The molecule has 5 rings (SSSR count). The fourth-order valence-electron chi connectivity index (χ4n) is 4.89. The van der Waals surface area contributed by atoms with E-state index in [4.69, 9.17) is 5.10 Å². The molecule has 206 valence electrons. The molecule has 0 fully saturated rings. The Bertz CT molecular complexity index is 1570. The van der Waals surface area contributed by atoms with Crippen LogP contribution in [0.1, 0.15) is 40.8 Å². The van der Waals surface area contributed by atoms with Crippen LogP contribution in [0.25, 0.3) is 16.9 Å². The Kier molecular flexibility index (Phi) is 8.02. The normalized spacial score (nSPS) is 15.1. The lowest BCUT2D eigenvalue weighted by molar-refractivity contribution is -0.122. The lowest BCUT2D eigenvalue weighted by Gasteiger charge is -2.24. The molecule has 0 saturated heterocycles. The van der Waals surface area contributed by atoms with Crippen molar-refractivity contribution in [3.05, 3.63) is 101 Å². The minimum atomic E-state index is -0.705. The van der Waals surface area contributed by atoms with E-state index in [-0.39, 0.29) is 29.7 Å². The quantitative estimate of drug-likeness (QED) is 0.295. The van der Waals surface area contributed by atoms with Crippen molar-refractivity contribution in [2.24, 2.45) is 0 Å². The number of carbonyl (C=O) groups excluding carboxylic acids is 2. The fourth-order valence-corrected chi connectivity index (χ4v) is 6.10. The number of fused-ring (bicyclic) bond motifs is 1. The van der Waals surface area contributed by atoms with Crippen molar-refractivity contribution in [2.45, 2.75) is 32.4 Å². The standard InChI is InChI=1S/C31H30F2N4O2S/c1-4-15-34-26(38)17-36-27(39)18-40-30(23-14-13-22(32)16-24(23)33)28-29(21-10-6-5-7-11-21)35-37(31(28)36)25-12-8-9-19(2)20(25)3/h5-14,16,30H,4,15,17-18H2,1-3H3,(H,34,38). The van der Waals surface area contributed by atoms with Gasteiger partial charge in [-0.3, -0.25) is 14.5 Å². The molecule has 4 aromatic rings. The number of aryl methyl sites for hydroxylation is 1. The zero-order chi connectivity index (χ0) is 28.4. The summed E-state index contributed by atoms with van der Waals surface area (Å²) in [5, 5.41) is 7.21. The van der Waals surface area contributed by atoms with E-state index >= 15 is 4.39 Å². The van der Waals surface area contributed by atoms with Crippen molar-refractivity contribution in [3.8, 4) is 16.9 Å². The molecule has 6 nitrogen and oxygen atoms in total. The average molecular weight is 561 g/mol. The summed E-state index contributed by atoms with van der Waals surface area (Å²) in [7, 11) is 0. The van der Waals surface area contributed by atoms with Gasteiger partial charge in [0, 0.05) is 29.3 Å². The van der Waals surface area contributed by atoms with Crippen LogP contribution in [0.3, 0.4) is 0 Å². The van der Waals surface area contributed by atoms with Gasteiger partial charge < -0.3 is 5.32 Å². The minimum Gasteiger partial charge on any atom is -0.355 e. The van der Waals surface area contributed by atoms with Gasteiger partial charge >= 0.3 is 0 Å². The van der Waals surface area contributed by atoms with E-state index in [2.05, 4.69) is 5.32 Å². The van der Waals surface area contributed by atoms with Crippen LogP contribution in [0.5, 0.6) is 0 Å². The van der Waals surface area contributed by atoms with Crippen molar-refractivity contribution in [1.29, 1.82) is 0 Å². The second-order valence-corrected chi connectivity index (χ2v) is 10.9. The van der Waals surface area contributed by atoms with Gasteiger partial charge in [-0.2, -0.15) is 5.10 Å². The Morgan fingerprint density at radius 3 is 2.58 bits per heavy atom. The van der Waals surface area contributed by atoms with E-state index in [1.807, 2.05) is 69.3 Å². The Balaban J connectivity index is 1.83. The first-order valence-electron chi connectivity index (χ1n) is 13.2. The molecular formula is C31H30F2N4O2S. The molecule has 1 N–H and O–H groups in total. The zero-order valence-corrected chi connectivity index (χ0v) is 23.4. The molecule has 0 bridgehead atoms. The smallest absolute Gasteiger partial charge is 0.240 e. The van der Waals surface area contributed by atoms with Gasteiger partial charge in [0.1, 0.15) is 24.0 Å². The van der Waals surface area contributed by atoms with E-state index < -0.39 is 16.9 Å². The van der Waals surface area contributed by atoms with Gasteiger partial charge in [-0.15, -0.1) is 11.8 Å². The molecule has 1 unspecified atom stereocenters. The van der Waals surface area contributed by atoms with Crippen molar-refractivity contribution in [1.82, 2.24) is 15.1 Å². The predicted octanol–water partition coefficient (Wildman–Crippen LogP) is 6.13. The van der Waals surface area contributed by atoms with Crippen LogP contribution in [-0.4, -0.2) is 40.4 Å². The first-order valence-corrected chi connectivity index (χ1v) is 14.2. The summed E-state index contributed by atoms with van der Waals surface area (Å²) in [6, 6.07) is 18.8. The third-order valence-electron chi connectivity index (χ3n) is 7.06. The Morgan fingerprint density at radius 2 is 1.85 bits per heavy atom. The molecule has 3 aromatic carbocycles. The van der Waals surface area contributed by atoms with Crippen LogP contribution in [0.2, 0.25) is 0 Å². The second-order valence-electron chi connectivity index (χ2n) is 9.77. The minimum absolute atomic E-state index is 0.00174. The van der Waals surface area contributed by atoms with Gasteiger partial charge in [-0.25, -0.2) is 13.5 Å². The second kappa shape index (κ2) is 11.6. The van der Waals surface area contributed by atoms with Gasteiger partial charge in [0.2, 0.25) is 11.8 Å². The Labute approximate surface area is 236 Å². The number of anilines is 1. The zero-order valence-electron chi connectivity index (χ0n) is 22.6. The summed E-state index contributed by atoms with van der Waals surface area (Å²) < 4.78 is 31.0. The van der Waals surface area contributed by atoms with Crippen molar-refractivity contribution in [2.75, 3.05) is 23.7 Å². The highest BCUT2D eigenvalue weighted by Gasteiger charge is 2.38. The maximum atomic E-state index is 15.3. The number of halogens is 2. The highest BCUT2D eigenvalue weighted by molar-refractivity contribution is 8.00. The highest BCUT2D eigenvalue weighted by atomic mass is 32.2. The van der Waals surface area contributed by atoms with Crippen molar-refractivity contribution >= 4 is 29.4 Å². The molecule has 40 heavy (non-hydrogen) atoms. The molecule has 2 amide bonds. The van der Waals surface area contributed by atoms with E-state index in [0.29, 0.717) is 23.6 Å². The van der Waals surface area contributed by atoms with Gasteiger partial charge in [-0.1, -0.05) is 55.5 Å². The van der Waals surface area contributed by atoms with Gasteiger partial charge in [0.25, 0.3) is 0 Å². The molecule has 0 spiro atoms.